The normalized spacial score (nSPS) is 18.7. The smallest absolute Gasteiger partial charge is 0.343 e. The van der Waals surface area contributed by atoms with Crippen molar-refractivity contribution in [1.29, 1.82) is 0 Å². The number of halogens is 1. The molecule has 2 aliphatic heterocycles. The summed E-state index contributed by atoms with van der Waals surface area (Å²) in [6, 6.07) is 9.96. The van der Waals surface area contributed by atoms with E-state index in [-0.39, 0.29) is 16.2 Å². The van der Waals surface area contributed by atoms with Crippen LogP contribution in [0.25, 0.3) is 16.7 Å². The third kappa shape index (κ3) is 3.51. The van der Waals surface area contributed by atoms with E-state index in [0.29, 0.717) is 47.6 Å². The van der Waals surface area contributed by atoms with Crippen LogP contribution in [0.1, 0.15) is 24.0 Å². The van der Waals surface area contributed by atoms with Crippen LogP contribution < -0.4 is 5.32 Å². The molecule has 1 spiro atoms. The molecule has 0 amide bonds. The third-order valence-corrected chi connectivity index (χ3v) is 7.15. The molecule has 2 aromatic rings. The highest BCUT2D eigenvalue weighted by molar-refractivity contribution is 7.90. The Morgan fingerprint density at radius 1 is 1.13 bits per heavy atom. The second-order valence-electron chi connectivity index (χ2n) is 7.80. The Morgan fingerprint density at radius 3 is 2.50 bits per heavy atom. The van der Waals surface area contributed by atoms with Crippen LogP contribution in [0.2, 0.25) is 5.02 Å². The maximum absolute atomic E-state index is 12.7. The first kappa shape index (κ1) is 20.9. The SMILES string of the molecule is Cc1cc(-c2cccc(S(C)(=O)=O)c2)c(Cl)cc1C1=C(O)C2(CCNCC2)OC1=O. The summed E-state index contributed by atoms with van der Waals surface area (Å²) in [6.07, 6.45) is 2.17. The summed E-state index contributed by atoms with van der Waals surface area (Å²) in [5.74, 6) is -0.597. The number of carbonyl (C=O) groups excluding carboxylic acids is 1. The van der Waals surface area contributed by atoms with Gasteiger partial charge in [0.05, 0.1) is 4.90 Å². The molecule has 2 aromatic carbocycles. The predicted molar refractivity (Wildman–Crippen MR) is 115 cm³/mol. The first-order chi connectivity index (χ1) is 14.1. The van der Waals surface area contributed by atoms with Gasteiger partial charge in [0.1, 0.15) is 5.57 Å². The predicted octanol–water partition coefficient (Wildman–Crippen LogP) is 3.67. The number of hydrogen-bond acceptors (Lipinski definition) is 6. The largest absolute Gasteiger partial charge is 0.507 e. The van der Waals surface area contributed by atoms with Crippen molar-refractivity contribution >= 4 is 33.0 Å². The Morgan fingerprint density at radius 2 is 1.83 bits per heavy atom. The lowest BCUT2D eigenvalue weighted by Gasteiger charge is -2.32. The van der Waals surface area contributed by atoms with Crippen molar-refractivity contribution in [3.63, 3.8) is 0 Å². The number of ether oxygens (including phenoxy) is 1. The van der Waals surface area contributed by atoms with E-state index in [0.717, 1.165) is 11.8 Å². The number of nitrogens with one attached hydrogen (secondary N) is 1. The lowest BCUT2D eigenvalue weighted by Crippen LogP contribution is -2.43. The molecular formula is C22H22ClNO5S. The highest BCUT2D eigenvalue weighted by Gasteiger charge is 2.49. The number of aliphatic hydroxyl groups excluding tert-OH is 1. The number of aryl methyl sites for hydroxylation is 1. The number of hydrogen-bond donors (Lipinski definition) is 2. The Bertz CT molecular complexity index is 1180. The molecular weight excluding hydrogens is 426 g/mol. The minimum Gasteiger partial charge on any atom is -0.507 e. The summed E-state index contributed by atoms with van der Waals surface area (Å²) < 4.78 is 29.4. The van der Waals surface area contributed by atoms with Gasteiger partial charge in [-0.25, -0.2) is 13.2 Å². The van der Waals surface area contributed by atoms with Crippen molar-refractivity contribution < 1.29 is 23.1 Å². The topological polar surface area (TPSA) is 92.7 Å². The molecule has 158 valence electrons. The van der Waals surface area contributed by atoms with Gasteiger partial charge in [-0.2, -0.15) is 0 Å². The third-order valence-electron chi connectivity index (χ3n) is 5.73. The van der Waals surface area contributed by atoms with Crippen LogP contribution in [0.5, 0.6) is 0 Å². The standard InChI is InChI=1S/C22H22ClNO5S/c1-13-10-17(14-4-3-5-15(11-14)30(2,27)28)18(23)12-16(13)19-20(25)22(29-21(19)26)6-8-24-9-7-22/h3-5,10-12,24-25H,6-9H2,1-2H3. The summed E-state index contributed by atoms with van der Waals surface area (Å²) in [4.78, 5) is 12.9. The molecule has 0 aromatic heterocycles. The molecule has 0 bridgehead atoms. The molecule has 4 rings (SSSR count). The molecule has 0 aliphatic carbocycles. The van der Waals surface area contributed by atoms with E-state index in [4.69, 9.17) is 16.3 Å². The molecule has 1 fully saturated rings. The Balaban J connectivity index is 1.80. The van der Waals surface area contributed by atoms with Crippen LogP contribution in [0.4, 0.5) is 0 Å². The zero-order valence-corrected chi connectivity index (χ0v) is 18.2. The fourth-order valence-corrected chi connectivity index (χ4v) is 5.01. The van der Waals surface area contributed by atoms with Gasteiger partial charge in [0, 0.05) is 29.7 Å². The molecule has 0 saturated carbocycles. The van der Waals surface area contributed by atoms with Crippen molar-refractivity contribution in [3.05, 3.63) is 58.3 Å². The van der Waals surface area contributed by atoms with Crippen LogP contribution in [0.15, 0.2) is 47.1 Å². The summed E-state index contributed by atoms with van der Waals surface area (Å²) >= 11 is 6.54. The monoisotopic (exact) mass is 447 g/mol. The Kier molecular flexibility index (Phi) is 5.16. The molecule has 2 aliphatic rings. The van der Waals surface area contributed by atoms with Gasteiger partial charge in [-0.1, -0.05) is 23.7 Å². The van der Waals surface area contributed by atoms with E-state index in [1.807, 2.05) is 6.92 Å². The van der Waals surface area contributed by atoms with Gasteiger partial charge in [0.15, 0.2) is 21.2 Å². The van der Waals surface area contributed by atoms with Gasteiger partial charge in [0.2, 0.25) is 0 Å². The summed E-state index contributed by atoms with van der Waals surface area (Å²) in [7, 11) is -3.36. The zero-order valence-electron chi connectivity index (χ0n) is 16.7. The van der Waals surface area contributed by atoms with Crippen molar-refractivity contribution in [2.75, 3.05) is 19.3 Å². The lowest BCUT2D eigenvalue weighted by molar-refractivity contribution is -0.148. The van der Waals surface area contributed by atoms with E-state index in [9.17, 15) is 18.3 Å². The average Bonchev–Trinajstić information content (AvgIpc) is 2.93. The van der Waals surface area contributed by atoms with Crippen LogP contribution in [-0.2, 0) is 19.4 Å². The number of esters is 1. The molecule has 6 nitrogen and oxygen atoms in total. The number of piperidine rings is 1. The van der Waals surface area contributed by atoms with Crippen molar-refractivity contribution in [2.45, 2.75) is 30.3 Å². The fourth-order valence-electron chi connectivity index (χ4n) is 4.07. The maximum atomic E-state index is 12.7. The van der Waals surface area contributed by atoms with Crippen LogP contribution in [-0.4, -0.2) is 44.4 Å². The van der Waals surface area contributed by atoms with Gasteiger partial charge in [-0.15, -0.1) is 0 Å². The van der Waals surface area contributed by atoms with Gasteiger partial charge in [0.25, 0.3) is 0 Å². The van der Waals surface area contributed by atoms with Crippen LogP contribution in [0.3, 0.4) is 0 Å². The highest BCUT2D eigenvalue weighted by Crippen LogP contribution is 2.44. The van der Waals surface area contributed by atoms with Crippen LogP contribution in [0, 0.1) is 6.92 Å². The Hall–Kier alpha value is -2.35. The minimum atomic E-state index is -3.36. The maximum Gasteiger partial charge on any atom is 0.343 e. The molecule has 0 atom stereocenters. The number of rotatable bonds is 3. The summed E-state index contributed by atoms with van der Waals surface area (Å²) in [6.45, 7) is 3.12. The van der Waals surface area contributed by atoms with Gasteiger partial charge in [-0.3, -0.25) is 0 Å². The Labute approximate surface area is 180 Å². The lowest BCUT2D eigenvalue weighted by atomic mass is 9.87. The fraction of sp³-hybridized carbons (Fsp3) is 0.318. The molecule has 2 N–H and O–H groups in total. The molecule has 0 radical (unpaired) electrons. The van der Waals surface area contributed by atoms with E-state index in [1.54, 1.807) is 30.3 Å². The minimum absolute atomic E-state index is 0.0417. The van der Waals surface area contributed by atoms with E-state index in [2.05, 4.69) is 5.32 Å². The van der Waals surface area contributed by atoms with E-state index < -0.39 is 21.4 Å². The van der Waals surface area contributed by atoms with Gasteiger partial charge < -0.3 is 15.2 Å². The first-order valence-corrected chi connectivity index (χ1v) is 11.9. The number of aliphatic hydroxyl groups is 1. The van der Waals surface area contributed by atoms with Crippen LogP contribution >= 0.6 is 11.6 Å². The molecule has 30 heavy (non-hydrogen) atoms. The van der Waals surface area contributed by atoms with Crippen molar-refractivity contribution in [1.82, 2.24) is 5.32 Å². The quantitative estimate of drug-likeness (QED) is 0.697. The van der Waals surface area contributed by atoms with Gasteiger partial charge in [-0.05, 0) is 61.0 Å². The summed E-state index contributed by atoms with van der Waals surface area (Å²) in [5, 5.41) is 14.5. The molecule has 1 saturated heterocycles. The first-order valence-electron chi connectivity index (χ1n) is 9.61. The van der Waals surface area contributed by atoms with Gasteiger partial charge >= 0.3 is 5.97 Å². The van der Waals surface area contributed by atoms with E-state index >= 15 is 0 Å². The van der Waals surface area contributed by atoms with E-state index in [1.165, 1.54) is 6.07 Å². The number of benzene rings is 2. The molecule has 0 unspecified atom stereocenters. The number of sulfone groups is 1. The molecule has 2 heterocycles. The highest BCUT2D eigenvalue weighted by atomic mass is 35.5. The van der Waals surface area contributed by atoms with Crippen molar-refractivity contribution in [3.8, 4) is 11.1 Å². The second-order valence-corrected chi connectivity index (χ2v) is 10.2. The van der Waals surface area contributed by atoms with Crippen molar-refractivity contribution in [2.24, 2.45) is 0 Å². The molecule has 8 heteroatoms. The zero-order chi connectivity index (χ0) is 21.7. The number of carbonyl (C=O) groups is 1. The average molecular weight is 448 g/mol. The second kappa shape index (κ2) is 7.41. The summed E-state index contributed by atoms with van der Waals surface area (Å²) in [5.41, 5.74) is 1.71.